The van der Waals surface area contributed by atoms with Gasteiger partial charge in [0, 0.05) is 43.6 Å². The van der Waals surface area contributed by atoms with Crippen molar-refractivity contribution in [1.82, 2.24) is 19.9 Å². The van der Waals surface area contributed by atoms with Gasteiger partial charge >= 0.3 is 0 Å². The van der Waals surface area contributed by atoms with Gasteiger partial charge in [-0.1, -0.05) is 31.2 Å². The molecule has 0 bridgehead atoms. The summed E-state index contributed by atoms with van der Waals surface area (Å²) in [5, 5.41) is 3.30. The van der Waals surface area contributed by atoms with Gasteiger partial charge in [0.25, 0.3) is 0 Å². The lowest BCUT2D eigenvalue weighted by Crippen LogP contribution is -2.46. The van der Waals surface area contributed by atoms with E-state index in [9.17, 15) is 0 Å². The van der Waals surface area contributed by atoms with E-state index in [0.29, 0.717) is 18.3 Å². The van der Waals surface area contributed by atoms with E-state index < -0.39 is 0 Å². The molecule has 8 nitrogen and oxygen atoms in total. The summed E-state index contributed by atoms with van der Waals surface area (Å²) in [6.45, 7) is 6.47. The standard InChI is InChI=1S/C23H29N7O/c1-3-17-7-4-5-10-20(17)25-23-27-21(26-22(24)28-23)16-29-11-13-30(14-12-29)18-8-6-9-19(15-18)31-2/h4-10,15H,3,11-14,16H2,1-2H3,(H3,24,25,26,27,28). The summed E-state index contributed by atoms with van der Waals surface area (Å²) in [4.78, 5) is 18.0. The second kappa shape index (κ2) is 9.61. The predicted molar refractivity (Wildman–Crippen MR) is 124 cm³/mol. The number of nitrogen functional groups attached to an aromatic ring is 1. The third-order valence-corrected chi connectivity index (χ3v) is 5.50. The molecule has 0 unspecified atom stereocenters. The highest BCUT2D eigenvalue weighted by Crippen LogP contribution is 2.23. The Morgan fingerprint density at radius 3 is 2.58 bits per heavy atom. The molecule has 0 radical (unpaired) electrons. The normalized spacial score (nSPS) is 14.5. The van der Waals surface area contributed by atoms with Crippen LogP contribution in [0.25, 0.3) is 0 Å². The first-order valence-electron chi connectivity index (χ1n) is 10.6. The molecule has 4 rings (SSSR count). The monoisotopic (exact) mass is 419 g/mol. The molecule has 1 aliphatic rings. The number of nitrogens with one attached hydrogen (secondary N) is 1. The minimum absolute atomic E-state index is 0.233. The molecule has 3 N–H and O–H groups in total. The lowest BCUT2D eigenvalue weighted by molar-refractivity contribution is 0.244. The average Bonchev–Trinajstić information content (AvgIpc) is 2.79. The van der Waals surface area contributed by atoms with E-state index in [1.807, 2.05) is 30.3 Å². The predicted octanol–water partition coefficient (Wildman–Crippen LogP) is 3.09. The molecule has 2 heterocycles. The molecule has 0 aliphatic carbocycles. The van der Waals surface area contributed by atoms with Crippen molar-refractivity contribution in [1.29, 1.82) is 0 Å². The van der Waals surface area contributed by atoms with Crippen molar-refractivity contribution < 1.29 is 4.74 Å². The molecule has 8 heteroatoms. The fraction of sp³-hybridized carbons (Fsp3) is 0.348. The number of hydrogen-bond acceptors (Lipinski definition) is 8. The van der Waals surface area contributed by atoms with Crippen molar-refractivity contribution in [3.63, 3.8) is 0 Å². The van der Waals surface area contributed by atoms with Gasteiger partial charge in [0.1, 0.15) is 11.6 Å². The van der Waals surface area contributed by atoms with E-state index in [4.69, 9.17) is 10.5 Å². The largest absolute Gasteiger partial charge is 0.497 e. The van der Waals surface area contributed by atoms with Crippen molar-refractivity contribution in [3.05, 3.63) is 59.9 Å². The number of benzene rings is 2. The van der Waals surface area contributed by atoms with Crippen LogP contribution in [0, 0.1) is 0 Å². The van der Waals surface area contributed by atoms with Gasteiger partial charge in [0.05, 0.1) is 13.7 Å². The lowest BCUT2D eigenvalue weighted by atomic mass is 10.1. The second-order valence-corrected chi connectivity index (χ2v) is 7.53. The number of anilines is 4. The molecule has 1 aromatic heterocycles. The molecule has 0 spiro atoms. The zero-order valence-electron chi connectivity index (χ0n) is 18.1. The van der Waals surface area contributed by atoms with Gasteiger partial charge < -0.3 is 20.7 Å². The van der Waals surface area contributed by atoms with Gasteiger partial charge in [-0.3, -0.25) is 4.90 Å². The number of ether oxygens (including phenoxy) is 1. The van der Waals surface area contributed by atoms with E-state index >= 15 is 0 Å². The van der Waals surface area contributed by atoms with Crippen LogP contribution in [0.1, 0.15) is 18.3 Å². The minimum Gasteiger partial charge on any atom is -0.497 e. The molecule has 1 aliphatic heterocycles. The van der Waals surface area contributed by atoms with Gasteiger partial charge in [0.2, 0.25) is 11.9 Å². The fourth-order valence-corrected chi connectivity index (χ4v) is 3.81. The van der Waals surface area contributed by atoms with Gasteiger partial charge in [-0.25, -0.2) is 0 Å². The van der Waals surface area contributed by atoms with Crippen LogP contribution in [0.3, 0.4) is 0 Å². The van der Waals surface area contributed by atoms with Gasteiger partial charge in [-0.2, -0.15) is 15.0 Å². The number of methoxy groups -OCH3 is 1. The topological polar surface area (TPSA) is 92.4 Å². The maximum absolute atomic E-state index is 5.97. The van der Waals surface area contributed by atoms with E-state index in [1.54, 1.807) is 7.11 Å². The summed E-state index contributed by atoms with van der Waals surface area (Å²) >= 11 is 0. The van der Waals surface area contributed by atoms with Crippen LogP contribution in [0.4, 0.5) is 23.3 Å². The van der Waals surface area contributed by atoms with Crippen molar-refractivity contribution in [2.45, 2.75) is 19.9 Å². The van der Waals surface area contributed by atoms with Crippen LogP contribution >= 0.6 is 0 Å². The lowest BCUT2D eigenvalue weighted by Gasteiger charge is -2.35. The zero-order valence-corrected chi connectivity index (χ0v) is 18.1. The Labute approximate surface area is 183 Å². The van der Waals surface area contributed by atoms with Crippen molar-refractivity contribution >= 4 is 23.3 Å². The number of nitrogens with zero attached hydrogens (tertiary/aromatic N) is 5. The number of aromatic nitrogens is 3. The third-order valence-electron chi connectivity index (χ3n) is 5.50. The highest BCUT2D eigenvalue weighted by molar-refractivity contribution is 5.58. The van der Waals surface area contributed by atoms with Crippen LogP contribution in [0.5, 0.6) is 5.75 Å². The van der Waals surface area contributed by atoms with E-state index in [-0.39, 0.29) is 5.95 Å². The third kappa shape index (κ3) is 5.21. The molecule has 162 valence electrons. The van der Waals surface area contributed by atoms with Gasteiger partial charge in [-0.05, 0) is 30.2 Å². The number of hydrogen-bond donors (Lipinski definition) is 2. The van der Waals surface area contributed by atoms with Crippen LogP contribution in [0.2, 0.25) is 0 Å². The molecule has 0 amide bonds. The molecule has 3 aromatic rings. The fourth-order valence-electron chi connectivity index (χ4n) is 3.81. The molecule has 0 atom stereocenters. The first-order chi connectivity index (χ1) is 15.1. The Morgan fingerprint density at radius 1 is 1.00 bits per heavy atom. The van der Waals surface area contributed by atoms with Crippen LogP contribution in [0.15, 0.2) is 48.5 Å². The molecule has 1 saturated heterocycles. The van der Waals surface area contributed by atoms with Crippen LogP contribution < -0.4 is 20.7 Å². The SMILES string of the molecule is CCc1ccccc1Nc1nc(N)nc(CN2CCN(c3cccc(OC)c3)CC2)n1. The van der Waals surface area contributed by atoms with Crippen LogP contribution in [-0.4, -0.2) is 53.1 Å². The Hall–Kier alpha value is -3.39. The molecule has 0 saturated carbocycles. The van der Waals surface area contributed by atoms with Crippen molar-refractivity contribution in [3.8, 4) is 5.75 Å². The highest BCUT2D eigenvalue weighted by Gasteiger charge is 2.19. The summed E-state index contributed by atoms with van der Waals surface area (Å²) in [6.07, 6.45) is 0.925. The molecule has 1 fully saturated rings. The van der Waals surface area contributed by atoms with Gasteiger partial charge in [-0.15, -0.1) is 0 Å². The van der Waals surface area contributed by atoms with Gasteiger partial charge in [0.15, 0.2) is 0 Å². The Kier molecular flexibility index (Phi) is 6.47. The summed E-state index contributed by atoms with van der Waals surface area (Å²) in [6, 6.07) is 16.3. The Bertz CT molecular complexity index is 1020. The van der Waals surface area contributed by atoms with Crippen LogP contribution in [-0.2, 0) is 13.0 Å². The van der Waals surface area contributed by atoms with Crippen molar-refractivity contribution in [2.24, 2.45) is 0 Å². The number of nitrogens with two attached hydrogens (primary N) is 1. The zero-order chi connectivity index (χ0) is 21.6. The summed E-state index contributed by atoms with van der Waals surface area (Å²) in [5.41, 5.74) is 9.36. The summed E-state index contributed by atoms with van der Waals surface area (Å²) < 4.78 is 5.35. The molecular weight excluding hydrogens is 390 g/mol. The molecule has 2 aromatic carbocycles. The highest BCUT2D eigenvalue weighted by atomic mass is 16.5. The Morgan fingerprint density at radius 2 is 1.81 bits per heavy atom. The van der Waals surface area contributed by atoms with E-state index in [1.165, 1.54) is 11.3 Å². The maximum Gasteiger partial charge on any atom is 0.232 e. The number of rotatable bonds is 7. The second-order valence-electron chi connectivity index (χ2n) is 7.53. The van der Waals surface area contributed by atoms with E-state index in [0.717, 1.165) is 44.0 Å². The number of para-hydroxylation sites is 1. The summed E-state index contributed by atoms with van der Waals surface area (Å²) in [7, 11) is 1.70. The van der Waals surface area contributed by atoms with E-state index in [2.05, 4.69) is 55.2 Å². The van der Waals surface area contributed by atoms with Crippen molar-refractivity contribution in [2.75, 3.05) is 49.2 Å². The number of piperazine rings is 1. The molecular formula is C23H29N7O. The maximum atomic E-state index is 5.97. The first kappa shape index (κ1) is 20.9. The minimum atomic E-state index is 0.233. The smallest absolute Gasteiger partial charge is 0.232 e. The Balaban J connectivity index is 1.40. The first-order valence-corrected chi connectivity index (χ1v) is 10.6. The quantitative estimate of drug-likeness (QED) is 0.604. The summed E-state index contributed by atoms with van der Waals surface area (Å²) in [5.74, 6) is 2.28. The molecule has 31 heavy (non-hydrogen) atoms. The number of aryl methyl sites for hydroxylation is 1. The average molecular weight is 420 g/mol.